The average Bonchev–Trinajstić information content (AvgIpc) is 2.72. The summed E-state index contributed by atoms with van der Waals surface area (Å²) in [5.74, 6) is 0.580. The van der Waals surface area contributed by atoms with Gasteiger partial charge in [-0.15, -0.1) is 11.3 Å². The highest BCUT2D eigenvalue weighted by molar-refractivity contribution is 7.10. The molecule has 1 fully saturated rings. The highest BCUT2D eigenvalue weighted by Gasteiger charge is 2.35. The number of fused-ring (bicyclic) bond motifs is 1. The van der Waals surface area contributed by atoms with E-state index in [1.54, 1.807) is 0 Å². The Kier molecular flexibility index (Phi) is 2.92. The van der Waals surface area contributed by atoms with Gasteiger partial charge in [0, 0.05) is 24.5 Å². The lowest BCUT2D eigenvalue weighted by atomic mass is 9.94. The summed E-state index contributed by atoms with van der Waals surface area (Å²) < 4.78 is 0. The second kappa shape index (κ2) is 4.42. The van der Waals surface area contributed by atoms with Crippen molar-refractivity contribution in [2.45, 2.75) is 25.8 Å². The van der Waals surface area contributed by atoms with Crippen LogP contribution in [0.25, 0.3) is 0 Å². The van der Waals surface area contributed by atoms with E-state index in [1.807, 2.05) is 11.3 Å². The fourth-order valence-electron chi connectivity index (χ4n) is 2.80. The van der Waals surface area contributed by atoms with Gasteiger partial charge >= 0.3 is 0 Å². The molecule has 0 aromatic carbocycles. The molecule has 0 aliphatic carbocycles. The Labute approximate surface area is 106 Å². The topological polar surface area (TPSA) is 32.3 Å². The van der Waals surface area contributed by atoms with E-state index >= 15 is 0 Å². The molecule has 2 aliphatic rings. The zero-order chi connectivity index (χ0) is 11.8. The molecule has 3 heterocycles. The van der Waals surface area contributed by atoms with Crippen LogP contribution in [0.3, 0.4) is 0 Å². The van der Waals surface area contributed by atoms with Crippen LogP contribution in [0.15, 0.2) is 11.4 Å². The van der Waals surface area contributed by atoms with Crippen molar-refractivity contribution in [3.8, 4) is 0 Å². The first-order valence-corrected chi connectivity index (χ1v) is 7.26. The lowest BCUT2D eigenvalue weighted by molar-refractivity contribution is -0.140. The van der Waals surface area contributed by atoms with Crippen LogP contribution in [-0.2, 0) is 11.2 Å². The van der Waals surface area contributed by atoms with E-state index in [0.717, 1.165) is 32.5 Å². The number of rotatable bonds is 2. The highest BCUT2D eigenvalue weighted by atomic mass is 32.1. The van der Waals surface area contributed by atoms with Gasteiger partial charge in [-0.1, -0.05) is 6.92 Å². The number of thiophene rings is 1. The van der Waals surface area contributed by atoms with E-state index in [0.29, 0.717) is 11.9 Å². The summed E-state index contributed by atoms with van der Waals surface area (Å²) in [6.07, 6.45) is 2.06. The van der Waals surface area contributed by atoms with Crippen molar-refractivity contribution in [3.05, 3.63) is 21.9 Å². The summed E-state index contributed by atoms with van der Waals surface area (Å²) in [7, 11) is 0. The molecule has 1 aromatic rings. The molecule has 1 unspecified atom stereocenters. The Bertz CT molecular complexity index is 425. The molecule has 0 spiro atoms. The summed E-state index contributed by atoms with van der Waals surface area (Å²) in [5.41, 5.74) is 1.39. The first-order valence-electron chi connectivity index (χ1n) is 6.38. The van der Waals surface area contributed by atoms with Crippen LogP contribution in [0.5, 0.6) is 0 Å². The molecule has 92 valence electrons. The molecule has 3 rings (SSSR count). The first kappa shape index (κ1) is 11.2. The standard InChI is InChI=1S/C13H18N2OS/c1-2-11-10-4-6-17-12(10)3-5-15(11)13(16)9-7-14-8-9/h4,6,9,11,14H,2-3,5,7-8H2,1H3. The van der Waals surface area contributed by atoms with Gasteiger partial charge in [0.2, 0.25) is 5.91 Å². The highest BCUT2D eigenvalue weighted by Crippen LogP contribution is 2.36. The molecule has 4 heteroatoms. The molecular formula is C13H18N2OS. The summed E-state index contributed by atoms with van der Waals surface area (Å²) >= 11 is 1.84. The molecule has 1 aromatic heterocycles. The van der Waals surface area contributed by atoms with Crippen LogP contribution in [0.1, 0.15) is 29.8 Å². The van der Waals surface area contributed by atoms with Gasteiger partial charge in [-0.2, -0.15) is 0 Å². The fraction of sp³-hybridized carbons (Fsp3) is 0.615. The van der Waals surface area contributed by atoms with E-state index in [1.165, 1.54) is 10.4 Å². The van der Waals surface area contributed by atoms with Crippen molar-refractivity contribution in [3.63, 3.8) is 0 Å². The van der Waals surface area contributed by atoms with Crippen LogP contribution < -0.4 is 5.32 Å². The van der Waals surface area contributed by atoms with Gasteiger partial charge in [0.15, 0.2) is 0 Å². The maximum atomic E-state index is 12.4. The van der Waals surface area contributed by atoms with Crippen LogP contribution >= 0.6 is 11.3 Å². The molecule has 2 aliphatic heterocycles. The summed E-state index contributed by atoms with van der Waals surface area (Å²) in [4.78, 5) is 16.0. The molecule has 1 N–H and O–H groups in total. The van der Waals surface area contributed by atoms with Crippen LogP contribution in [0.2, 0.25) is 0 Å². The quantitative estimate of drug-likeness (QED) is 0.868. The van der Waals surface area contributed by atoms with Gasteiger partial charge in [-0.25, -0.2) is 0 Å². The minimum Gasteiger partial charge on any atom is -0.335 e. The minimum absolute atomic E-state index is 0.226. The molecule has 1 atom stereocenters. The van der Waals surface area contributed by atoms with Crippen molar-refractivity contribution in [2.75, 3.05) is 19.6 Å². The minimum atomic E-state index is 0.226. The Morgan fingerprint density at radius 1 is 1.59 bits per heavy atom. The molecule has 0 saturated carbocycles. The van der Waals surface area contributed by atoms with Crippen LogP contribution in [-0.4, -0.2) is 30.4 Å². The van der Waals surface area contributed by atoms with Crippen molar-refractivity contribution >= 4 is 17.2 Å². The molecule has 17 heavy (non-hydrogen) atoms. The van der Waals surface area contributed by atoms with Crippen molar-refractivity contribution < 1.29 is 4.79 Å². The second-order valence-electron chi connectivity index (χ2n) is 4.86. The number of carbonyl (C=O) groups excluding carboxylic acids is 1. The second-order valence-corrected chi connectivity index (χ2v) is 5.86. The van der Waals surface area contributed by atoms with Gasteiger partial charge in [0.1, 0.15) is 0 Å². The molecule has 1 amide bonds. The smallest absolute Gasteiger partial charge is 0.228 e. The lowest BCUT2D eigenvalue weighted by Crippen LogP contribution is -2.53. The summed E-state index contributed by atoms with van der Waals surface area (Å²) in [6.45, 7) is 4.81. The number of amides is 1. The number of hydrogen-bond donors (Lipinski definition) is 1. The largest absolute Gasteiger partial charge is 0.335 e. The average molecular weight is 250 g/mol. The maximum Gasteiger partial charge on any atom is 0.228 e. The van der Waals surface area contributed by atoms with Crippen molar-refractivity contribution in [1.29, 1.82) is 0 Å². The normalized spacial score (nSPS) is 24.3. The van der Waals surface area contributed by atoms with E-state index in [9.17, 15) is 4.79 Å². The number of carbonyl (C=O) groups is 1. The van der Waals surface area contributed by atoms with Gasteiger partial charge in [0.25, 0.3) is 0 Å². The van der Waals surface area contributed by atoms with Crippen molar-refractivity contribution in [1.82, 2.24) is 10.2 Å². The third kappa shape index (κ3) is 1.79. The van der Waals surface area contributed by atoms with Gasteiger partial charge < -0.3 is 10.2 Å². The molecule has 1 saturated heterocycles. The molecule has 3 nitrogen and oxygen atoms in total. The third-order valence-electron chi connectivity index (χ3n) is 3.90. The monoisotopic (exact) mass is 250 g/mol. The van der Waals surface area contributed by atoms with Crippen LogP contribution in [0, 0.1) is 5.92 Å². The Balaban J connectivity index is 1.84. The number of nitrogens with one attached hydrogen (secondary N) is 1. The Morgan fingerprint density at radius 2 is 2.41 bits per heavy atom. The predicted octanol–water partition coefficient (Wildman–Crippen LogP) is 1.80. The van der Waals surface area contributed by atoms with Crippen LogP contribution in [0.4, 0.5) is 0 Å². The van der Waals surface area contributed by atoms with E-state index in [4.69, 9.17) is 0 Å². The zero-order valence-corrected chi connectivity index (χ0v) is 10.9. The fourth-order valence-corrected chi connectivity index (χ4v) is 3.73. The van der Waals surface area contributed by atoms with Gasteiger partial charge in [0.05, 0.1) is 12.0 Å². The van der Waals surface area contributed by atoms with Gasteiger partial charge in [-0.05, 0) is 29.9 Å². The summed E-state index contributed by atoms with van der Waals surface area (Å²) in [5, 5.41) is 5.34. The van der Waals surface area contributed by atoms with E-state index in [-0.39, 0.29) is 5.92 Å². The zero-order valence-electron chi connectivity index (χ0n) is 10.1. The molecular weight excluding hydrogens is 232 g/mol. The number of nitrogens with zero attached hydrogens (tertiary/aromatic N) is 1. The van der Waals surface area contributed by atoms with Crippen molar-refractivity contribution in [2.24, 2.45) is 5.92 Å². The van der Waals surface area contributed by atoms with Gasteiger partial charge in [-0.3, -0.25) is 4.79 Å². The Hall–Kier alpha value is -0.870. The lowest BCUT2D eigenvalue weighted by Gasteiger charge is -2.39. The maximum absolute atomic E-state index is 12.4. The first-order chi connectivity index (χ1) is 8.31. The van der Waals surface area contributed by atoms with E-state index < -0.39 is 0 Å². The molecule has 0 bridgehead atoms. The SMILES string of the molecule is CCC1c2ccsc2CCN1C(=O)C1CNC1. The summed E-state index contributed by atoms with van der Waals surface area (Å²) in [6, 6.07) is 2.52. The van der Waals surface area contributed by atoms with E-state index in [2.05, 4.69) is 28.6 Å². The Morgan fingerprint density at radius 3 is 3.06 bits per heavy atom. The third-order valence-corrected chi connectivity index (χ3v) is 4.89. The predicted molar refractivity (Wildman–Crippen MR) is 69.1 cm³/mol. The molecule has 0 radical (unpaired) electrons. The number of hydrogen-bond acceptors (Lipinski definition) is 3.